The number of hydrogen-bond acceptors (Lipinski definition) is 11. The maximum absolute atomic E-state index is 13.6. The Morgan fingerprint density at radius 3 is 2.70 bits per heavy atom. The molecule has 0 bridgehead atoms. The van der Waals surface area contributed by atoms with Crippen molar-refractivity contribution in [1.82, 2.24) is 14.9 Å². The number of esters is 1. The first kappa shape index (κ1) is 32.6. The van der Waals surface area contributed by atoms with Gasteiger partial charge in [0, 0.05) is 36.8 Å². The van der Waals surface area contributed by atoms with E-state index in [2.05, 4.69) is 22.6 Å². The second-order valence-corrected chi connectivity index (χ2v) is 12.2. The third-order valence-corrected chi connectivity index (χ3v) is 7.93. The maximum atomic E-state index is 13.6. The summed E-state index contributed by atoms with van der Waals surface area (Å²) in [6.45, 7) is 9.59. The smallest absolute Gasteiger partial charge is 0.410 e. The van der Waals surface area contributed by atoms with Gasteiger partial charge < -0.3 is 24.4 Å². The Labute approximate surface area is 260 Å². The van der Waals surface area contributed by atoms with Gasteiger partial charge in [0.15, 0.2) is 0 Å². The Kier molecular flexibility index (Phi) is 9.75. The summed E-state index contributed by atoms with van der Waals surface area (Å²) in [4.78, 5) is 50.0. The number of carbonyl (C=O) groups excluding carboxylic acids is 2. The van der Waals surface area contributed by atoms with Crippen LogP contribution in [0.5, 0.6) is 0 Å². The highest BCUT2D eigenvalue weighted by Gasteiger charge is 2.52. The molecule has 1 saturated heterocycles. The molecule has 1 aromatic carbocycles. The summed E-state index contributed by atoms with van der Waals surface area (Å²) in [6, 6.07) is 7.66. The third kappa shape index (κ3) is 6.76. The summed E-state index contributed by atoms with van der Waals surface area (Å²) >= 11 is 6.38. The predicted octanol–water partition coefficient (Wildman–Crippen LogP) is 4.32. The number of aliphatic hydroxyl groups excluding tert-OH is 1. The van der Waals surface area contributed by atoms with Crippen LogP contribution in [0.2, 0.25) is 5.28 Å². The highest BCUT2D eigenvalue weighted by Crippen LogP contribution is 2.49. The number of amides is 1. The lowest BCUT2D eigenvalue weighted by atomic mass is 9.67. The minimum Gasteiger partial charge on any atom is -0.461 e. The van der Waals surface area contributed by atoms with Gasteiger partial charge in [-0.25, -0.2) is 14.8 Å². The third-order valence-electron chi connectivity index (χ3n) is 7.76. The number of ether oxygens (including phenoxy) is 2. The van der Waals surface area contributed by atoms with Gasteiger partial charge in [-0.05, 0) is 51.6 Å². The van der Waals surface area contributed by atoms with Crippen molar-refractivity contribution in [2.24, 2.45) is 5.41 Å². The number of nitro groups is 1. The SMILES string of the molecule is C=CCOC(=O)C1(Cc2ccccc2[N+](=O)[O-])CCc2c(nc(Cl)nc2N2CCN(C(=O)OC(C)(C)C)[C@@H](CC#N)C2)C1O. The van der Waals surface area contributed by atoms with E-state index >= 15 is 0 Å². The molecule has 1 fully saturated rings. The molecule has 1 aliphatic heterocycles. The lowest BCUT2D eigenvalue weighted by Gasteiger charge is -2.44. The van der Waals surface area contributed by atoms with Gasteiger partial charge in [0.1, 0.15) is 29.5 Å². The molecular weight excluding hydrogens is 592 g/mol. The number of fused-ring (bicyclic) bond motifs is 1. The Morgan fingerprint density at radius 1 is 1.32 bits per heavy atom. The summed E-state index contributed by atoms with van der Waals surface area (Å²) in [6.07, 6.45) is -0.512. The minimum atomic E-state index is -1.62. The van der Waals surface area contributed by atoms with Crippen LogP contribution in [-0.4, -0.2) is 74.8 Å². The number of rotatable bonds is 8. The first-order valence-corrected chi connectivity index (χ1v) is 14.6. The van der Waals surface area contributed by atoms with E-state index in [1.54, 1.807) is 32.9 Å². The van der Waals surface area contributed by atoms with E-state index in [-0.39, 0.29) is 67.6 Å². The average molecular weight is 627 g/mol. The second kappa shape index (κ2) is 13.2. The molecule has 13 nitrogen and oxygen atoms in total. The van der Waals surface area contributed by atoms with Crippen LogP contribution < -0.4 is 4.90 Å². The summed E-state index contributed by atoms with van der Waals surface area (Å²) in [5.41, 5.74) is -1.58. The second-order valence-electron chi connectivity index (χ2n) is 11.8. The van der Waals surface area contributed by atoms with Gasteiger partial charge in [-0.2, -0.15) is 5.26 Å². The quantitative estimate of drug-likeness (QED) is 0.145. The van der Waals surface area contributed by atoms with Crippen LogP contribution in [0.4, 0.5) is 16.3 Å². The van der Waals surface area contributed by atoms with E-state index in [1.165, 1.54) is 23.1 Å². The van der Waals surface area contributed by atoms with Gasteiger partial charge in [0.05, 0.1) is 29.1 Å². The zero-order valence-electron chi connectivity index (χ0n) is 24.9. The van der Waals surface area contributed by atoms with Crippen LogP contribution in [-0.2, 0) is 27.1 Å². The number of piperazine rings is 1. The van der Waals surface area contributed by atoms with Crippen molar-refractivity contribution in [3.8, 4) is 6.07 Å². The van der Waals surface area contributed by atoms with E-state index in [9.17, 15) is 30.1 Å². The first-order valence-electron chi connectivity index (χ1n) is 14.2. The van der Waals surface area contributed by atoms with Gasteiger partial charge in [-0.1, -0.05) is 30.9 Å². The Balaban J connectivity index is 1.72. The molecule has 0 radical (unpaired) electrons. The Hall–Kier alpha value is -4.28. The van der Waals surface area contributed by atoms with Crippen molar-refractivity contribution >= 4 is 35.2 Å². The molecular formula is C30H35ClN6O7. The van der Waals surface area contributed by atoms with E-state index in [0.29, 0.717) is 17.9 Å². The van der Waals surface area contributed by atoms with Gasteiger partial charge >= 0.3 is 12.1 Å². The Bertz CT molecular complexity index is 1490. The van der Waals surface area contributed by atoms with Crippen LogP contribution in [0.1, 0.15) is 56.5 Å². The van der Waals surface area contributed by atoms with Crippen molar-refractivity contribution < 1.29 is 29.1 Å². The molecule has 1 N–H and O–H groups in total. The molecule has 44 heavy (non-hydrogen) atoms. The lowest BCUT2D eigenvalue weighted by molar-refractivity contribution is -0.385. The maximum Gasteiger partial charge on any atom is 0.410 e. The van der Waals surface area contributed by atoms with E-state index in [4.69, 9.17) is 21.1 Å². The van der Waals surface area contributed by atoms with Crippen molar-refractivity contribution in [3.05, 3.63) is 69.1 Å². The van der Waals surface area contributed by atoms with Crippen molar-refractivity contribution in [3.63, 3.8) is 0 Å². The van der Waals surface area contributed by atoms with Crippen LogP contribution in [0, 0.1) is 26.9 Å². The number of aliphatic hydroxyl groups is 1. The summed E-state index contributed by atoms with van der Waals surface area (Å²) in [7, 11) is 0. The zero-order valence-corrected chi connectivity index (χ0v) is 25.6. The summed E-state index contributed by atoms with van der Waals surface area (Å²) in [5.74, 6) is -0.324. The molecule has 1 amide bonds. The number of nitro benzene ring substituents is 1. The number of nitriles is 1. The van der Waals surface area contributed by atoms with Gasteiger partial charge in [0.2, 0.25) is 5.28 Å². The van der Waals surface area contributed by atoms with Crippen LogP contribution in [0.25, 0.3) is 0 Å². The van der Waals surface area contributed by atoms with Crippen LogP contribution in [0.15, 0.2) is 36.9 Å². The van der Waals surface area contributed by atoms with Crippen LogP contribution in [0.3, 0.4) is 0 Å². The largest absolute Gasteiger partial charge is 0.461 e. The van der Waals surface area contributed by atoms with Gasteiger partial charge in [-0.3, -0.25) is 14.9 Å². The fraction of sp³-hybridized carbons (Fsp3) is 0.500. The predicted molar refractivity (Wildman–Crippen MR) is 160 cm³/mol. The lowest BCUT2D eigenvalue weighted by Crippen LogP contribution is -2.56. The Morgan fingerprint density at radius 2 is 2.05 bits per heavy atom. The first-order chi connectivity index (χ1) is 20.8. The minimum absolute atomic E-state index is 0.0491. The number of carbonyl (C=O) groups is 2. The summed E-state index contributed by atoms with van der Waals surface area (Å²) in [5, 5.41) is 33.0. The number of aromatic nitrogens is 2. The number of halogens is 1. The van der Waals surface area contributed by atoms with Crippen molar-refractivity contribution in [2.45, 2.75) is 64.2 Å². The topological polar surface area (TPSA) is 172 Å². The molecule has 2 heterocycles. The number of anilines is 1. The molecule has 4 rings (SSSR count). The standard InChI is InChI=1S/C30H35ClN6O7/c1-5-16-43-26(39)30(17-19-8-6-7-9-22(19)37(41)42)12-10-21-23(24(30)38)33-27(31)34-25(21)35-14-15-36(20(18-35)11-13-32)28(40)44-29(2,3)4/h5-9,20,24,38H,1,10-12,14-18H2,2-4H3/t20-,24?,30?/m0/s1. The zero-order chi connectivity index (χ0) is 32.2. The van der Waals surface area contributed by atoms with E-state index in [1.807, 2.05) is 4.90 Å². The highest BCUT2D eigenvalue weighted by molar-refractivity contribution is 6.28. The fourth-order valence-electron chi connectivity index (χ4n) is 5.75. The number of hydrogen-bond donors (Lipinski definition) is 1. The van der Waals surface area contributed by atoms with E-state index in [0.717, 1.165) is 0 Å². The molecule has 1 aliphatic carbocycles. The molecule has 14 heteroatoms. The number of nitrogens with zero attached hydrogens (tertiary/aromatic N) is 6. The highest BCUT2D eigenvalue weighted by atomic mass is 35.5. The molecule has 2 aliphatic rings. The molecule has 234 valence electrons. The molecule has 0 saturated carbocycles. The average Bonchev–Trinajstić information content (AvgIpc) is 2.96. The van der Waals surface area contributed by atoms with E-state index < -0.39 is 40.1 Å². The normalized spacial score (nSPS) is 21.5. The molecule has 1 aromatic heterocycles. The number of para-hydroxylation sites is 1. The molecule has 2 aromatic rings. The number of benzene rings is 1. The summed E-state index contributed by atoms with van der Waals surface area (Å²) < 4.78 is 11.0. The van der Waals surface area contributed by atoms with Crippen LogP contribution >= 0.6 is 11.6 Å². The van der Waals surface area contributed by atoms with Crippen molar-refractivity contribution in [1.29, 1.82) is 5.26 Å². The fourth-order valence-corrected chi connectivity index (χ4v) is 5.92. The molecule has 3 atom stereocenters. The monoisotopic (exact) mass is 626 g/mol. The molecule has 2 unspecified atom stereocenters. The van der Waals surface area contributed by atoms with Gasteiger partial charge in [-0.15, -0.1) is 0 Å². The van der Waals surface area contributed by atoms with Gasteiger partial charge in [0.25, 0.3) is 5.69 Å². The van der Waals surface area contributed by atoms with Crippen molar-refractivity contribution in [2.75, 3.05) is 31.1 Å². The molecule has 0 spiro atoms.